The van der Waals surface area contributed by atoms with Crippen LogP contribution in [0.2, 0.25) is 0 Å². The Kier molecular flexibility index (Phi) is 7.22. The van der Waals surface area contributed by atoms with E-state index >= 15 is 0 Å². The predicted molar refractivity (Wildman–Crippen MR) is 131 cm³/mol. The third kappa shape index (κ3) is 6.01. The van der Waals surface area contributed by atoms with Gasteiger partial charge >= 0.3 is 0 Å². The Morgan fingerprint density at radius 3 is 2.47 bits per heavy atom. The summed E-state index contributed by atoms with van der Waals surface area (Å²) in [7, 11) is 0. The largest absolute Gasteiger partial charge is 0.491 e. The number of carbonyl (C=O) groups excluding carboxylic acids is 1. The topological polar surface area (TPSA) is 89.1 Å². The minimum Gasteiger partial charge on any atom is -0.491 e. The molecule has 7 nitrogen and oxygen atoms in total. The molecule has 2 heterocycles. The van der Waals surface area contributed by atoms with Gasteiger partial charge in [0, 0.05) is 41.2 Å². The minimum atomic E-state index is -0.303. The van der Waals surface area contributed by atoms with Crippen LogP contribution in [0, 0.1) is 0 Å². The van der Waals surface area contributed by atoms with E-state index in [-0.39, 0.29) is 17.9 Å². The number of rotatable bonds is 9. The molecule has 0 radical (unpaired) electrons. The van der Waals surface area contributed by atoms with Crippen molar-refractivity contribution in [3.05, 3.63) is 102 Å². The van der Waals surface area contributed by atoms with Gasteiger partial charge in [0.2, 0.25) is 0 Å². The number of aromatic amines is 1. The lowest BCUT2D eigenvalue weighted by atomic mass is 10.0. The smallest absolute Gasteiger partial charge is 0.257 e. The molecule has 0 aliphatic carbocycles. The first-order valence-corrected chi connectivity index (χ1v) is 11.2. The summed E-state index contributed by atoms with van der Waals surface area (Å²) >= 11 is 0. The van der Waals surface area contributed by atoms with E-state index in [2.05, 4.69) is 20.5 Å². The van der Waals surface area contributed by atoms with Gasteiger partial charge < -0.3 is 14.8 Å². The first kappa shape index (κ1) is 23.0. The van der Waals surface area contributed by atoms with Gasteiger partial charge in [0.25, 0.3) is 5.91 Å². The van der Waals surface area contributed by atoms with Gasteiger partial charge in [0.15, 0.2) is 5.82 Å². The number of H-pyrrole nitrogens is 1. The van der Waals surface area contributed by atoms with Gasteiger partial charge in [-0.25, -0.2) is 0 Å². The minimum absolute atomic E-state index is 0.0140. The predicted octanol–water partition coefficient (Wildman–Crippen LogP) is 5.58. The van der Waals surface area contributed by atoms with E-state index in [0.717, 1.165) is 17.0 Å². The van der Waals surface area contributed by atoms with E-state index in [1.54, 1.807) is 24.4 Å². The fraction of sp³-hybridized carbons (Fsp3) is 0.222. The molecule has 34 heavy (non-hydrogen) atoms. The number of hydrogen-bond donors (Lipinski definition) is 2. The number of pyridine rings is 1. The summed E-state index contributed by atoms with van der Waals surface area (Å²) < 4.78 is 11.8. The van der Waals surface area contributed by atoms with Gasteiger partial charge in [-0.1, -0.05) is 43.3 Å². The Labute approximate surface area is 199 Å². The van der Waals surface area contributed by atoms with Crippen LogP contribution in [0.4, 0.5) is 5.82 Å². The molecule has 2 N–H and O–H groups in total. The van der Waals surface area contributed by atoms with Crippen LogP contribution in [0.25, 0.3) is 0 Å². The number of carbonyl (C=O) groups is 1. The number of nitrogens with zero attached hydrogens (tertiary/aromatic N) is 2. The molecule has 4 aromatic rings. The van der Waals surface area contributed by atoms with Gasteiger partial charge in [-0.05, 0) is 43.7 Å². The van der Waals surface area contributed by atoms with Crippen molar-refractivity contribution in [2.45, 2.75) is 39.4 Å². The van der Waals surface area contributed by atoms with E-state index in [1.807, 2.05) is 75.4 Å². The Morgan fingerprint density at radius 1 is 0.971 bits per heavy atom. The molecular formula is C27H28N4O3. The monoisotopic (exact) mass is 456 g/mol. The van der Waals surface area contributed by atoms with Crippen LogP contribution in [0.5, 0.6) is 11.5 Å². The molecule has 0 bridgehead atoms. The molecule has 0 aliphatic heterocycles. The van der Waals surface area contributed by atoms with Gasteiger partial charge in [-0.15, -0.1) is 0 Å². The molecule has 174 valence electrons. The summed E-state index contributed by atoms with van der Waals surface area (Å²) in [5, 5.41) is 10.1. The van der Waals surface area contributed by atoms with Crippen LogP contribution in [0.1, 0.15) is 54.0 Å². The second-order valence-corrected chi connectivity index (χ2v) is 8.27. The highest BCUT2D eigenvalue weighted by atomic mass is 16.5. The van der Waals surface area contributed by atoms with Gasteiger partial charge in [-0.2, -0.15) is 5.10 Å². The second-order valence-electron chi connectivity index (χ2n) is 8.27. The van der Waals surface area contributed by atoms with Crippen molar-refractivity contribution in [3.8, 4) is 11.5 Å². The molecule has 0 saturated heterocycles. The molecule has 4 rings (SSSR count). The summed E-state index contributed by atoms with van der Waals surface area (Å²) in [6.45, 7) is 6.29. The van der Waals surface area contributed by atoms with E-state index < -0.39 is 0 Å². The average molecular weight is 457 g/mol. The number of nitrogens with one attached hydrogen (secondary N) is 2. The highest BCUT2D eigenvalue weighted by Gasteiger charge is 2.16. The fourth-order valence-electron chi connectivity index (χ4n) is 3.47. The molecule has 0 spiro atoms. The van der Waals surface area contributed by atoms with Crippen LogP contribution in [-0.2, 0) is 6.61 Å². The normalized spacial score (nSPS) is 11.8. The van der Waals surface area contributed by atoms with Crippen molar-refractivity contribution in [3.63, 3.8) is 0 Å². The third-order valence-electron chi connectivity index (χ3n) is 5.20. The van der Waals surface area contributed by atoms with Crippen LogP contribution >= 0.6 is 0 Å². The first-order chi connectivity index (χ1) is 16.5. The summed E-state index contributed by atoms with van der Waals surface area (Å²) in [5.41, 5.74) is 3.24. The Morgan fingerprint density at radius 2 is 1.74 bits per heavy atom. The zero-order chi connectivity index (χ0) is 23.9. The number of hydrogen-bond acceptors (Lipinski definition) is 5. The van der Waals surface area contributed by atoms with Gasteiger partial charge in [0.1, 0.15) is 18.1 Å². The van der Waals surface area contributed by atoms with E-state index in [9.17, 15) is 4.79 Å². The first-order valence-electron chi connectivity index (χ1n) is 11.2. The molecule has 1 atom stereocenters. The van der Waals surface area contributed by atoms with Crippen LogP contribution in [0.3, 0.4) is 0 Å². The van der Waals surface area contributed by atoms with Gasteiger partial charge in [-0.3, -0.25) is 14.9 Å². The summed E-state index contributed by atoms with van der Waals surface area (Å²) in [6, 6.07) is 22.7. The maximum absolute atomic E-state index is 13.0. The number of ether oxygens (including phenoxy) is 2. The SMILES string of the molecule is CC(C)Oc1cc(OCc2ccccc2)cc(C(=O)Nc2cc(C(C)c3ccccn3)[nH]n2)c1. The average Bonchev–Trinajstić information content (AvgIpc) is 3.31. The molecule has 2 aromatic heterocycles. The van der Waals surface area contributed by atoms with Gasteiger partial charge in [0.05, 0.1) is 6.10 Å². The molecule has 1 unspecified atom stereocenters. The Hall–Kier alpha value is -4.13. The lowest BCUT2D eigenvalue weighted by Crippen LogP contribution is -2.13. The number of benzene rings is 2. The fourth-order valence-corrected chi connectivity index (χ4v) is 3.47. The van der Waals surface area contributed by atoms with Crippen LogP contribution < -0.4 is 14.8 Å². The molecular weight excluding hydrogens is 428 g/mol. The van der Waals surface area contributed by atoms with Crippen molar-refractivity contribution in [1.29, 1.82) is 0 Å². The van der Waals surface area contributed by atoms with E-state index in [0.29, 0.717) is 29.5 Å². The van der Waals surface area contributed by atoms with Crippen molar-refractivity contribution < 1.29 is 14.3 Å². The zero-order valence-electron chi connectivity index (χ0n) is 19.5. The quantitative estimate of drug-likeness (QED) is 0.343. The number of amides is 1. The lowest BCUT2D eigenvalue weighted by molar-refractivity contribution is 0.102. The highest BCUT2D eigenvalue weighted by molar-refractivity contribution is 6.04. The van der Waals surface area contributed by atoms with Crippen LogP contribution in [0.15, 0.2) is 79.0 Å². The summed E-state index contributed by atoms with van der Waals surface area (Å²) in [6.07, 6.45) is 1.72. The molecule has 2 aromatic carbocycles. The van der Waals surface area contributed by atoms with Crippen molar-refractivity contribution in [2.75, 3.05) is 5.32 Å². The lowest BCUT2D eigenvalue weighted by Gasteiger charge is -2.14. The van der Waals surface area contributed by atoms with E-state index in [4.69, 9.17) is 9.47 Å². The van der Waals surface area contributed by atoms with E-state index in [1.165, 1.54) is 0 Å². The molecule has 0 fully saturated rings. The maximum atomic E-state index is 13.0. The zero-order valence-corrected chi connectivity index (χ0v) is 19.5. The van der Waals surface area contributed by atoms with Crippen molar-refractivity contribution in [1.82, 2.24) is 15.2 Å². The Balaban J connectivity index is 1.50. The summed E-state index contributed by atoms with van der Waals surface area (Å²) in [4.78, 5) is 17.4. The molecule has 1 amide bonds. The number of aromatic nitrogens is 3. The summed E-state index contributed by atoms with van der Waals surface area (Å²) in [5.74, 6) is 1.27. The molecule has 7 heteroatoms. The van der Waals surface area contributed by atoms with Crippen molar-refractivity contribution >= 4 is 11.7 Å². The third-order valence-corrected chi connectivity index (χ3v) is 5.20. The molecule has 0 aliphatic rings. The second kappa shape index (κ2) is 10.7. The van der Waals surface area contributed by atoms with Crippen molar-refractivity contribution in [2.24, 2.45) is 0 Å². The number of anilines is 1. The van der Waals surface area contributed by atoms with Crippen LogP contribution in [-0.4, -0.2) is 27.2 Å². The highest BCUT2D eigenvalue weighted by Crippen LogP contribution is 2.26. The Bertz CT molecular complexity index is 1220. The standard InChI is InChI=1S/C27H28N4O3/c1-18(2)34-23-14-21(13-22(15-23)33-17-20-9-5-4-6-10-20)27(32)29-26-16-25(30-31-26)19(3)24-11-7-8-12-28-24/h4-16,18-19H,17H2,1-3H3,(H2,29,30,31,32). The molecule has 0 saturated carbocycles. The maximum Gasteiger partial charge on any atom is 0.257 e.